The highest BCUT2D eigenvalue weighted by molar-refractivity contribution is 5.89. The van der Waals surface area contributed by atoms with Crippen molar-refractivity contribution < 1.29 is 9.53 Å². The van der Waals surface area contributed by atoms with E-state index in [1.807, 2.05) is 35.0 Å². The fourth-order valence-corrected chi connectivity index (χ4v) is 2.49. The van der Waals surface area contributed by atoms with Gasteiger partial charge in [0, 0.05) is 25.1 Å². The van der Waals surface area contributed by atoms with Gasteiger partial charge in [0.05, 0.1) is 18.0 Å². The third kappa shape index (κ3) is 2.20. The minimum Gasteiger partial charge on any atom is -0.461 e. The molecule has 0 aliphatic carbocycles. The molecule has 0 unspecified atom stereocenters. The molecule has 2 heterocycles. The number of nitrogens with zero attached hydrogens (tertiary/aromatic N) is 2. The molecule has 0 radical (unpaired) electrons. The quantitative estimate of drug-likeness (QED) is 0.863. The van der Waals surface area contributed by atoms with E-state index in [0.29, 0.717) is 18.8 Å². The van der Waals surface area contributed by atoms with E-state index in [9.17, 15) is 4.79 Å². The Kier molecular flexibility index (Phi) is 3.52. The first kappa shape index (κ1) is 12.9. The van der Waals surface area contributed by atoms with Crippen LogP contribution < -0.4 is 5.32 Å². The number of hydrogen-bond acceptors (Lipinski definition) is 4. The predicted molar refractivity (Wildman–Crippen MR) is 74.9 cm³/mol. The van der Waals surface area contributed by atoms with E-state index in [4.69, 9.17) is 4.74 Å². The highest BCUT2D eigenvalue weighted by Crippen LogP contribution is 2.22. The van der Waals surface area contributed by atoms with E-state index in [0.717, 1.165) is 29.9 Å². The number of carbonyl (C=O) groups excluding carboxylic acids is 1. The number of fused-ring (bicyclic) bond motifs is 1. The second kappa shape index (κ2) is 5.46. The average Bonchev–Trinajstić information content (AvgIpc) is 2.88. The van der Waals surface area contributed by atoms with Gasteiger partial charge in [0.1, 0.15) is 0 Å². The van der Waals surface area contributed by atoms with E-state index < -0.39 is 0 Å². The number of carbonyl (C=O) groups is 1. The molecule has 1 aromatic heterocycles. The highest BCUT2D eigenvalue weighted by atomic mass is 16.5. The zero-order valence-electron chi connectivity index (χ0n) is 11.4. The molecule has 104 valence electrons. The number of benzene rings is 1. The van der Waals surface area contributed by atoms with Crippen molar-refractivity contribution in [2.75, 3.05) is 13.2 Å². The van der Waals surface area contributed by atoms with Gasteiger partial charge in [-0.05, 0) is 19.1 Å². The summed E-state index contributed by atoms with van der Waals surface area (Å²) in [5, 5.41) is 7.76. The smallest absolute Gasteiger partial charge is 0.359 e. The molecule has 0 fully saturated rings. The Bertz CT molecular complexity index is 620. The Morgan fingerprint density at radius 3 is 2.95 bits per heavy atom. The summed E-state index contributed by atoms with van der Waals surface area (Å²) in [5.41, 5.74) is 3.45. The molecule has 0 bridgehead atoms. The average molecular weight is 271 g/mol. The van der Waals surface area contributed by atoms with Gasteiger partial charge in [-0.2, -0.15) is 5.10 Å². The standard InChI is InChI=1S/C15H17N3O2/c1-2-20-15(19)14-12-10-16-9-8-13(12)18(17-14)11-6-4-3-5-7-11/h3-7,16H,2,8-10H2,1H3. The van der Waals surface area contributed by atoms with Crippen molar-refractivity contribution in [3.05, 3.63) is 47.3 Å². The largest absolute Gasteiger partial charge is 0.461 e. The Hall–Kier alpha value is -2.14. The highest BCUT2D eigenvalue weighted by Gasteiger charge is 2.26. The van der Waals surface area contributed by atoms with Crippen molar-refractivity contribution in [2.45, 2.75) is 19.9 Å². The maximum atomic E-state index is 12.0. The Morgan fingerprint density at radius 1 is 1.40 bits per heavy atom. The van der Waals surface area contributed by atoms with Gasteiger partial charge in [-0.1, -0.05) is 18.2 Å². The summed E-state index contributed by atoms with van der Waals surface area (Å²) in [6, 6.07) is 9.88. The number of aromatic nitrogens is 2. The summed E-state index contributed by atoms with van der Waals surface area (Å²) in [4.78, 5) is 12.0. The van der Waals surface area contributed by atoms with Crippen LogP contribution in [-0.4, -0.2) is 28.9 Å². The maximum Gasteiger partial charge on any atom is 0.359 e. The van der Waals surface area contributed by atoms with Gasteiger partial charge >= 0.3 is 5.97 Å². The second-order valence-electron chi connectivity index (χ2n) is 4.67. The molecule has 0 atom stereocenters. The van der Waals surface area contributed by atoms with Crippen LogP contribution in [-0.2, 0) is 17.7 Å². The van der Waals surface area contributed by atoms with Crippen LogP contribution in [0.2, 0.25) is 0 Å². The molecule has 5 nitrogen and oxygen atoms in total. The first-order valence-electron chi connectivity index (χ1n) is 6.85. The molecule has 1 N–H and O–H groups in total. The molecule has 5 heteroatoms. The molecule has 0 saturated heterocycles. The number of esters is 1. The second-order valence-corrected chi connectivity index (χ2v) is 4.67. The summed E-state index contributed by atoms with van der Waals surface area (Å²) in [6.45, 7) is 3.72. The normalized spacial score (nSPS) is 13.8. The van der Waals surface area contributed by atoms with E-state index in [1.165, 1.54) is 0 Å². The van der Waals surface area contributed by atoms with E-state index >= 15 is 0 Å². The summed E-state index contributed by atoms with van der Waals surface area (Å²) in [6.07, 6.45) is 0.858. The van der Waals surface area contributed by atoms with Gasteiger partial charge in [-0.3, -0.25) is 0 Å². The van der Waals surface area contributed by atoms with Gasteiger partial charge in [0.15, 0.2) is 5.69 Å². The van der Waals surface area contributed by atoms with Crippen LogP contribution in [0.25, 0.3) is 5.69 Å². The van der Waals surface area contributed by atoms with Crippen LogP contribution in [0, 0.1) is 0 Å². The molecular weight excluding hydrogens is 254 g/mol. The molecule has 0 amide bonds. The van der Waals surface area contributed by atoms with E-state index in [2.05, 4.69) is 10.4 Å². The Morgan fingerprint density at radius 2 is 2.20 bits per heavy atom. The molecular formula is C15H17N3O2. The van der Waals surface area contributed by atoms with Crippen molar-refractivity contribution in [1.29, 1.82) is 0 Å². The maximum absolute atomic E-state index is 12.0. The van der Waals surface area contributed by atoms with Crippen LogP contribution in [0.3, 0.4) is 0 Å². The van der Waals surface area contributed by atoms with Crippen molar-refractivity contribution >= 4 is 5.97 Å². The van der Waals surface area contributed by atoms with Gasteiger partial charge in [0.2, 0.25) is 0 Å². The molecule has 20 heavy (non-hydrogen) atoms. The number of rotatable bonds is 3. The predicted octanol–water partition coefficient (Wildman–Crippen LogP) is 1.69. The number of nitrogens with one attached hydrogen (secondary N) is 1. The zero-order chi connectivity index (χ0) is 13.9. The third-order valence-corrected chi connectivity index (χ3v) is 3.40. The first-order valence-corrected chi connectivity index (χ1v) is 6.85. The van der Waals surface area contributed by atoms with E-state index in [1.54, 1.807) is 6.92 Å². The molecule has 0 spiro atoms. The van der Waals surface area contributed by atoms with Crippen LogP contribution in [0.15, 0.2) is 30.3 Å². The topological polar surface area (TPSA) is 56.1 Å². The number of hydrogen-bond donors (Lipinski definition) is 1. The lowest BCUT2D eigenvalue weighted by Gasteiger charge is -2.15. The van der Waals surface area contributed by atoms with Crippen molar-refractivity contribution in [3.8, 4) is 5.69 Å². The molecule has 1 aliphatic rings. The lowest BCUT2D eigenvalue weighted by atomic mass is 10.1. The van der Waals surface area contributed by atoms with Crippen LogP contribution >= 0.6 is 0 Å². The van der Waals surface area contributed by atoms with Crippen molar-refractivity contribution in [1.82, 2.24) is 15.1 Å². The minimum absolute atomic E-state index is 0.345. The summed E-state index contributed by atoms with van der Waals surface area (Å²) < 4.78 is 6.96. The summed E-state index contributed by atoms with van der Waals surface area (Å²) in [7, 11) is 0. The van der Waals surface area contributed by atoms with Crippen LogP contribution in [0.1, 0.15) is 28.7 Å². The van der Waals surface area contributed by atoms with E-state index in [-0.39, 0.29) is 5.97 Å². The summed E-state index contributed by atoms with van der Waals surface area (Å²) >= 11 is 0. The fraction of sp³-hybridized carbons (Fsp3) is 0.333. The molecule has 3 rings (SSSR count). The number of ether oxygens (including phenoxy) is 1. The van der Waals surface area contributed by atoms with Crippen LogP contribution in [0.5, 0.6) is 0 Å². The van der Waals surface area contributed by atoms with Gasteiger partial charge in [0.25, 0.3) is 0 Å². The van der Waals surface area contributed by atoms with Crippen LogP contribution in [0.4, 0.5) is 0 Å². The SMILES string of the molecule is CCOC(=O)c1nn(-c2ccccc2)c2c1CNCC2. The van der Waals surface area contributed by atoms with Gasteiger partial charge in [-0.25, -0.2) is 9.48 Å². The first-order chi connectivity index (χ1) is 9.81. The fourth-order valence-electron chi connectivity index (χ4n) is 2.49. The summed E-state index contributed by atoms with van der Waals surface area (Å²) in [5.74, 6) is -0.345. The third-order valence-electron chi connectivity index (χ3n) is 3.40. The molecule has 0 saturated carbocycles. The lowest BCUT2D eigenvalue weighted by Crippen LogP contribution is -2.25. The molecule has 2 aromatic rings. The minimum atomic E-state index is -0.345. The monoisotopic (exact) mass is 271 g/mol. The zero-order valence-corrected chi connectivity index (χ0v) is 11.4. The molecule has 1 aliphatic heterocycles. The van der Waals surface area contributed by atoms with Crippen molar-refractivity contribution in [3.63, 3.8) is 0 Å². The Labute approximate surface area is 117 Å². The number of para-hydroxylation sites is 1. The van der Waals surface area contributed by atoms with Gasteiger partial charge in [-0.15, -0.1) is 0 Å². The molecule has 1 aromatic carbocycles. The van der Waals surface area contributed by atoms with Gasteiger partial charge < -0.3 is 10.1 Å². The Balaban J connectivity index is 2.09. The lowest BCUT2D eigenvalue weighted by molar-refractivity contribution is 0.0517. The van der Waals surface area contributed by atoms with Crippen molar-refractivity contribution in [2.24, 2.45) is 0 Å².